The third-order valence-corrected chi connectivity index (χ3v) is 4.45. The Labute approximate surface area is 128 Å². The second-order valence-electron chi connectivity index (χ2n) is 5.03. The minimum atomic E-state index is -3.65. The Balaban J connectivity index is 1.88. The molecule has 0 aromatic heterocycles. The molecule has 2 rings (SSSR count). The summed E-state index contributed by atoms with van der Waals surface area (Å²) in [6.07, 6.45) is 0.261. The summed E-state index contributed by atoms with van der Waals surface area (Å²) in [5.41, 5.74) is 11.5. The lowest BCUT2D eigenvalue weighted by Gasteiger charge is -2.33. The van der Waals surface area contributed by atoms with Crippen LogP contribution in [0.4, 0.5) is 4.79 Å². The summed E-state index contributed by atoms with van der Waals surface area (Å²) < 4.78 is 17.6. The van der Waals surface area contributed by atoms with Crippen molar-refractivity contribution in [3.05, 3.63) is 35.9 Å². The van der Waals surface area contributed by atoms with Gasteiger partial charge in [-0.1, -0.05) is 30.3 Å². The van der Waals surface area contributed by atoms with Gasteiger partial charge in [-0.15, -0.1) is 0 Å². The van der Waals surface area contributed by atoms with Gasteiger partial charge in [-0.2, -0.15) is 0 Å². The predicted molar refractivity (Wildman–Crippen MR) is 80.5 cm³/mol. The highest BCUT2D eigenvalue weighted by Gasteiger charge is 2.36. The maximum absolute atomic E-state index is 12.1. The molecule has 0 spiro atoms. The van der Waals surface area contributed by atoms with Gasteiger partial charge in [0.05, 0.1) is 0 Å². The Morgan fingerprint density at radius 2 is 2.05 bits per heavy atom. The molecule has 8 nitrogen and oxygen atoms in total. The second-order valence-corrected chi connectivity index (χ2v) is 6.86. The molecule has 2 amide bonds. The molecule has 1 fully saturated rings. The maximum atomic E-state index is 12.1. The van der Waals surface area contributed by atoms with E-state index in [0.29, 0.717) is 12.8 Å². The fourth-order valence-corrected chi connectivity index (χ4v) is 3.11. The second kappa shape index (κ2) is 6.91. The van der Waals surface area contributed by atoms with Gasteiger partial charge >= 0.3 is 13.7 Å². The zero-order chi connectivity index (χ0) is 16.2. The number of piperidine rings is 1. The van der Waals surface area contributed by atoms with Crippen LogP contribution in [0.15, 0.2) is 30.3 Å². The van der Waals surface area contributed by atoms with E-state index in [9.17, 15) is 14.2 Å². The van der Waals surface area contributed by atoms with E-state index >= 15 is 0 Å². The highest BCUT2D eigenvalue weighted by atomic mass is 31.2. The van der Waals surface area contributed by atoms with Crippen molar-refractivity contribution < 1.29 is 18.9 Å². The number of hydrogen-bond acceptors (Lipinski definition) is 4. The molecule has 0 saturated carbocycles. The van der Waals surface area contributed by atoms with Gasteiger partial charge in [0.2, 0.25) is 0 Å². The smallest absolute Gasteiger partial charge is 0.408 e. The molecule has 1 saturated heterocycles. The fraction of sp³-hybridized carbons (Fsp3) is 0.385. The quantitative estimate of drug-likeness (QED) is 0.706. The van der Waals surface area contributed by atoms with Gasteiger partial charge < -0.3 is 10.1 Å². The van der Waals surface area contributed by atoms with E-state index in [0.717, 1.165) is 10.2 Å². The summed E-state index contributed by atoms with van der Waals surface area (Å²) in [4.78, 5) is 23.9. The Bertz CT molecular complexity index is 589. The van der Waals surface area contributed by atoms with Crippen LogP contribution in [0.25, 0.3) is 0 Å². The summed E-state index contributed by atoms with van der Waals surface area (Å²) in [7, 11) is -3.65. The first kappa shape index (κ1) is 16.5. The number of amides is 2. The van der Waals surface area contributed by atoms with Crippen molar-refractivity contribution in [2.75, 3.05) is 6.54 Å². The summed E-state index contributed by atoms with van der Waals surface area (Å²) >= 11 is 0. The highest BCUT2D eigenvalue weighted by Crippen LogP contribution is 2.35. The average Bonchev–Trinajstić information content (AvgIpc) is 2.47. The number of carbonyl (C=O) groups is 2. The summed E-state index contributed by atoms with van der Waals surface area (Å²) in [6, 6.07) is 8.34. The Kier molecular flexibility index (Phi) is 5.18. The number of ether oxygens (including phenoxy) is 1. The maximum Gasteiger partial charge on any atom is 0.408 e. The monoisotopic (exact) mass is 326 g/mol. The van der Waals surface area contributed by atoms with Gasteiger partial charge in [0, 0.05) is 6.54 Å². The molecule has 1 aliphatic rings. The van der Waals surface area contributed by atoms with Crippen molar-refractivity contribution in [1.29, 1.82) is 0 Å². The molecule has 0 bridgehead atoms. The molecule has 5 N–H and O–H groups in total. The van der Waals surface area contributed by atoms with Crippen LogP contribution in [0.5, 0.6) is 0 Å². The number of nitrogens with zero attached hydrogens (tertiary/aromatic N) is 1. The highest BCUT2D eigenvalue weighted by molar-refractivity contribution is 7.57. The van der Waals surface area contributed by atoms with Crippen LogP contribution < -0.4 is 16.3 Å². The minimum absolute atomic E-state index is 0.101. The number of carbonyl (C=O) groups excluding carboxylic acids is 2. The molecule has 0 unspecified atom stereocenters. The van der Waals surface area contributed by atoms with Crippen LogP contribution in [0.3, 0.4) is 0 Å². The minimum Gasteiger partial charge on any atom is -0.445 e. The first-order valence-corrected chi connectivity index (χ1v) is 8.64. The van der Waals surface area contributed by atoms with Crippen molar-refractivity contribution in [1.82, 2.24) is 9.99 Å². The van der Waals surface area contributed by atoms with Crippen LogP contribution in [0, 0.1) is 0 Å². The van der Waals surface area contributed by atoms with E-state index in [4.69, 9.17) is 15.7 Å². The molecule has 0 aliphatic carbocycles. The normalized spacial score (nSPS) is 18.9. The van der Waals surface area contributed by atoms with Crippen LogP contribution in [0.2, 0.25) is 0 Å². The topological polar surface area (TPSA) is 128 Å². The molecule has 9 heteroatoms. The number of nitrogens with one attached hydrogen (secondary N) is 1. The zero-order valence-corrected chi connectivity index (χ0v) is 12.9. The van der Waals surface area contributed by atoms with Crippen molar-refractivity contribution in [2.24, 2.45) is 11.0 Å². The van der Waals surface area contributed by atoms with E-state index in [1.807, 2.05) is 30.3 Å². The summed E-state index contributed by atoms with van der Waals surface area (Å²) in [5, 5.41) is 2.46. The summed E-state index contributed by atoms with van der Waals surface area (Å²) in [6.45, 7) is 0.323. The van der Waals surface area contributed by atoms with E-state index in [1.165, 1.54) is 0 Å². The van der Waals surface area contributed by atoms with Gasteiger partial charge in [0.25, 0.3) is 5.91 Å². The summed E-state index contributed by atoms with van der Waals surface area (Å²) in [5.74, 6) is -0.545. The van der Waals surface area contributed by atoms with Gasteiger partial charge in [0.1, 0.15) is 12.6 Å². The lowest BCUT2D eigenvalue weighted by Crippen LogP contribution is -2.52. The van der Waals surface area contributed by atoms with E-state index < -0.39 is 25.6 Å². The molecule has 120 valence electrons. The zero-order valence-electron chi connectivity index (χ0n) is 12.0. The van der Waals surface area contributed by atoms with E-state index in [1.54, 1.807) is 0 Å². The lowest BCUT2D eigenvalue weighted by molar-refractivity contribution is -0.130. The van der Waals surface area contributed by atoms with Crippen molar-refractivity contribution >= 4 is 19.6 Å². The van der Waals surface area contributed by atoms with E-state index in [2.05, 4.69) is 5.32 Å². The molecule has 1 aromatic carbocycles. The number of rotatable bonds is 4. The van der Waals surface area contributed by atoms with Crippen molar-refractivity contribution in [3.8, 4) is 0 Å². The van der Waals surface area contributed by atoms with Crippen LogP contribution >= 0.6 is 7.59 Å². The number of benzene rings is 1. The molecule has 1 heterocycles. The molecule has 1 atom stereocenters. The van der Waals surface area contributed by atoms with E-state index in [-0.39, 0.29) is 13.2 Å². The number of alkyl carbamates (subject to hydrolysis) is 1. The predicted octanol–water partition coefficient (Wildman–Crippen LogP) is 0.929. The first-order valence-electron chi connectivity index (χ1n) is 6.84. The van der Waals surface area contributed by atoms with Gasteiger partial charge in [0.15, 0.2) is 0 Å². The van der Waals surface area contributed by atoms with Crippen LogP contribution in [-0.2, 0) is 20.7 Å². The largest absolute Gasteiger partial charge is 0.445 e. The Morgan fingerprint density at radius 1 is 1.36 bits per heavy atom. The fourth-order valence-electron chi connectivity index (χ4n) is 2.21. The molecule has 1 aromatic rings. The molecule has 0 radical (unpaired) electrons. The standard InChI is InChI=1S/C13H19N4O4P/c14-22(15,20)17-8-4-7-11(12(17)18)16-13(19)21-9-10-5-2-1-3-6-10/h1-3,5-6,11H,4,7-9H2,(H,16,19)(H4,14,15,20)/t11-/m1/s1. The Hall–Kier alpha value is -1.89. The molecule has 1 aliphatic heterocycles. The van der Waals surface area contributed by atoms with Crippen molar-refractivity contribution in [3.63, 3.8) is 0 Å². The first-order chi connectivity index (χ1) is 10.4. The third-order valence-electron chi connectivity index (χ3n) is 3.30. The van der Waals surface area contributed by atoms with Gasteiger partial charge in [-0.25, -0.2) is 4.79 Å². The lowest BCUT2D eigenvalue weighted by atomic mass is 10.1. The van der Waals surface area contributed by atoms with Gasteiger partial charge in [-0.05, 0) is 18.4 Å². The van der Waals surface area contributed by atoms with Crippen molar-refractivity contribution in [2.45, 2.75) is 25.5 Å². The number of hydrogen-bond donors (Lipinski definition) is 3. The van der Waals surface area contributed by atoms with Crippen LogP contribution in [-0.4, -0.2) is 29.3 Å². The average molecular weight is 326 g/mol. The molecule has 22 heavy (non-hydrogen) atoms. The number of nitrogens with two attached hydrogens (primary N) is 2. The molecular weight excluding hydrogens is 307 g/mol. The SMILES string of the molecule is NP(N)(=O)N1CCC[C@@H](NC(=O)OCc2ccccc2)C1=O. The molecular formula is C13H19N4O4P. The Morgan fingerprint density at radius 3 is 2.68 bits per heavy atom. The van der Waals surface area contributed by atoms with Crippen LogP contribution in [0.1, 0.15) is 18.4 Å². The third kappa shape index (κ3) is 4.30. The van der Waals surface area contributed by atoms with Gasteiger partial charge in [-0.3, -0.25) is 25.0 Å².